The van der Waals surface area contributed by atoms with Gasteiger partial charge in [-0.15, -0.1) is 0 Å². The summed E-state index contributed by atoms with van der Waals surface area (Å²) in [6.07, 6.45) is 1.95. The number of rotatable bonds is 1. The van der Waals surface area contributed by atoms with Gasteiger partial charge in [-0.3, -0.25) is 4.98 Å². The summed E-state index contributed by atoms with van der Waals surface area (Å²) in [5, 5.41) is 2.49. The fourth-order valence-electron chi connectivity index (χ4n) is 1.42. The van der Waals surface area contributed by atoms with E-state index in [9.17, 15) is 0 Å². The Morgan fingerprint density at radius 3 is 2.27 bits per heavy atom. The van der Waals surface area contributed by atoms with Gasteiger partial charge in [-0.2, -0.15) is 0 Å². The molecule has 0 unspecified atom stereocenters. The van der Waals surface area contributed by atoms with E-state index < -0.39 is 0 Å². The normalized spacial score (nSPS) is 9.53. The van der Waals surface area contributed by atoms with Gasteiger partial charge in [-0.05, 0) is 17.4 Å². The maximum atomic E-state index is 4.41. The van der Waals surface area contributed by atoms with Gasteiger partial charge >= 0.3 is 0 Å². The first-order valence-corrected chi connectivity index (χ1v) is 4.62. The van der Waals surface area contributed by atoms with Crippen molar-refractivity contribution in [2.75, 3.05) is 0 Å². The second-order valence-electron chi connectivity index (χ2n) is 3.61. The summed E-state index contributed by atoms with van der Waals surface area (Å²) in [6.45, 7) is 4.33. The summed E-state index contributed by atoms with van der Waals surface area (Å²) in [7, 11) is 0. The Balaban J connectivity index is 0.000000980. The first-order valence-electron chi connectivity index (χ1n) is 4.62. The van der Waals surface area contributed by atoms with Gasteiger partial charge in [-0.25, -0.2) is 0 Å². The molecule has 1 heterocycles. The second-order valence-corrected chi connectivity index (χ2v) is 3.61. The minimum absolute atomic E-state index is 0. The van der Waals surface area contributed by atoms with Crippen molar-refractivity contribution < 1.29 is 32.7 Å². The average molecular weight is 275 g/mol. The summed E-state index contributed by atoms with van der Waals surface area (Å²) >= 11 is 0. The number of hydrogen-bond donors (Lipinski definition) is 0. The summed E-state index contributed by atoms with van der Waals surface area (Å²) in [4.78, 5) is 4.41. The molecule has 0 N–H and O–H groups in total. The van der Waals surface area contributed by atoms with E-state index in [1.165, 1.54) is 16.5 Å². The van der Waals surface area contributed by atoms with E-state index in [0.29, 0.717) is 5.92 Å². The van der Waals surface area contributed by atoms with Gasteiger partial charge in [0.05, 0.1) is 0 Å². The maximum Gasteiger partial charge on any atom is 0.0435 e. The third-order valence-electron chi connectivity index (χ3n) is 2.24. The fourth-order valence-corrected chi connectivity index (χ4v) is 1.42. The van der Waals surface area contributed by atoms with Gasteiger partial charge < -0.3 is 7.43 Å². The predicted octanol–water partition coefficient (Wildman–Crippen LogP) is 3.81. The van der Waals surface area contributed by atoms with E-state index in [2.05, 4.69) is 43.1 Å². The SMILES string of the molecule is CC(C)c1cc2ccccc2cn1.[CH3-].[Y]. The molecule has 0 fully saturated rings. The van der Waals surface area contributed by atoms with E-state index >= 15 is 0 Å². The monoisotopic (exact) mass is 275 g/mol. The first kappa shape index (κ1) is 14.7. The standard InChI is InChI=1S/C12H13N.CH3.Y/c1-9(2)12-7-10-5-3-4-6-11(10)8-13-12;;/h3-9H,1-2H3;1H3;/q;-1;. The van der Waals surface area contributed by atoms with Crippen molar-refractivity contribution in [3.8, 4) is 0 Å². The number of hydrogen-bond acceptors (Lipinski definition) is 1. The van der Waals surface area contributed by atoms with Crippen LogP contribution in [0.5, 0.6) is 0 Å². The van der Waals surface area contributed by atoms with Gasteiger partial charge in [0.1, 0.15) is 0 Å². The minimum atomic E-state index is 0. The minimum Gasteiger partial charge on any atom is -0.358 e. The molecule has 0 aliphatic rings. The number of nitrogens with zero attached hydrogens (tertiary/aromatic N) is 1. The van der Waals surface area contributed by atoms with Gasteiger partial charge in [0.2, 0.25) is 0 Å². The van der Waals surface area contributed by atoms with E-state index in [4.69, 9.17) is 0 Å². The van der Waals surface area contributed by atoms with E-state index in [-0.39, 0.29) is 40.1 Å². The zero-order valence-corrected chi connectivity index (χ0v) is 12.4. The van der Waals surface area contributed by atoms with Crippen LogP contribution in [0.25, 0.3) is 10.8 Å². The topological polar surface area (TPSA) is 12.9 Å². The molecule has 2 aromatic rings. The van der Waals surface area contributed by atoms with E-state index in [0.717, 1.165) is 0 Å². The van der Waals surface area contributed by atoms with Crippen LogP contribution in [0, 0.1) is 7.43 Å². The van der Waals surface area contributed by atoms with Crippen molar-refractivity contribution >= 4 is 10.8 Å². The van der Waals surface area contributed by atoms with Crippen LogP contribution in [-0.4, -0.2) is 4.98 Å². The Kier molecular flexibility index (Phi) is 6.23. The molecule has 0 amide bonds. The molecule has 0 saturated carbocycles. The molecule has 0 bridgehead atoms. The van der Waals surface area contributed by atoms with Gasteiger partial charge in [-0.1, -0.05) is 38.1 Å². The third kappa shape index (κ3) is 3.36. The zero-order chi connectivity index (χ0) is 9.26. The molecule has 2 rings (SSSR count). The predicted molar refractivity (Wildman–Crippen MR) is 62.2 cm³/mol. The van der Waals surface area contributed by atoms with Crippen LogP contribution in [0.4, 0.5) is 0 Å². The van der Waals surface area contributed by atoms with Crippen molar-refractivity contribution in [2.45, 2.75) is 19.8 Å². The summed E-state index contributed by atoms with van der Waals surface area (Å²) in [6, 6.07) is 10.5. The quantitative estimate of drug-likeness (QED) is 0.721. The van der Waals surface area contributed by atoms with Crippen molar-refractivity contribution in [3.05, 3.63) is 49.6 Å². The molecule has 0 aliphatic carbocycles. The molecule has 15 heavy (non-hydrogen) atoms. The molecule has 0 atom stereocenters. The average Bonchev–Trinajstić information content (AvgIpc) is 2.17. The summed E-state index contributed by atoms with van der Waals surface area (Å²) in [5.74, 6) is 0.504. The molecular weight excluding hydrogens is 259 g/mol. The maximum absolute atomic E-state index is 4.41. The van der Waals surface area contributed by atoms with Crippen LogP contribution < -0.4 is 0 Å². The van der Waals surface area contributed by atoms with Crippen LogP contribution in [0.15, 0.2) is 36.5 Å². The van der Waals surface area contributed by atoms with Crippen molar-refractivity contribution in [2.24, 2.45) is 0 Å². The Morgan fingerprint density at radius 2 is 1.67 bits per heavy atom. The molecule has 0 saturated heterocycles. The smallest absolute Gasteiger partial charge is 0.0435 e. The molecular formula is C13H16NY-. The Bertz CT molecular complexity index is 424. The van der Waals surface area contributed by atoms with Gasteiger partial charge in [0.25, 0.3) is 0 Å². The fraction of sp³-hybridized carbons (Fsp3) is 0.231. The van der Waals surface area contributed by atoms with E-state index in [1.807, 2.05) is 12.3 Å². The molecule has 0 aliphatic heterocycles. The summed E-state index contributed by atoms with van der Waals surface area (Å²) in [5.41, 5.74) is 1.17. The van der Waals surface area contributed by atoms with Crippen LogP contribution in [0.3, 0.4) is 0 Å². The van der Waals surface area contributed by atoms with Crippen LogP contribution in [-0.2, 0) is 32.7 Å². The van der Waals surface area contributed by atoms with Crippen LogP contribution in [0.2, 0.25) is 0 Å². The molecule has 1 radical (unpaired) electrons. The largest absolute Gasteiger partial charge is 0.358 e. The number of benzene rings is 1. The third-order valence-corrected chi connectivity index (χ3v) is 2.24. The van der Waals surface area contributed by atoms with Crippen LogP contribution >= 0.6 is 0 Å². The van der Waals surface area contributed by atoms with Gasteiger partial charge in [0.15, 0.2) is 0 Å². The Labute approximate surface area is 117 Å². The molecule has 1 nitrogen and oxygen atoms in total. The molecule has 1 aromatic heterocycles. The van der Waals surface area contributed by atoms with Gasteiger partial charge in [0, 0.05) is 50.0 Å². The van der Waals surface area contributed by atoms with Crippen molar-refractivity contribution in [1.29, 1.82) is 0 Å². The zero-order valence-electron chi connectivity index (χ0n) is 9.57. The van der Waals surface area contributed by atoms with Crippen molar-refractivity contribution in [1.82, 2.24) is 4.98 Å². The number of aromatic nitrogens is 1. The number of fused-ring (bicyclic) bond motifs is 1. The second kappa shape index (κ2) is 6.35. The molecule has 0 spiro atoms. The van der Waals surface area contributed by atoms with Crippen molar-refractivity contribution in [3.63, 3.8) is 0 Å². The van der Waals surface area contributed by atoms with Crippen LogP contribution in [0.1, 0.15) is 25.5 Å². The Morgan fingerprint density at radius 1 is 1.07 bits per heavy atom. The first-order chi connectivity index (χ1) is 6.27. The number of pyridine rings is 1. The summed E-state index contributed by atoms with van der Waals surface area (Å²) < 4.78 is 0. The van der Waals surface area contributed by atoms with E-state index in [1.54, 1.807) is 0 Å². The Hall–Kier alpha value is -0.266. The molecule has 77 valence electrons. The molecule has 2 heteroatoms. The molecule has 1 aromatic carbocycles.